The monoisotopic (exact) mass is 367 g/mol. The Balaban J connectivity index is 0.00000225. The lowest BCUT2D eigenvalue weighted by atomic mass is 9.97. The lowest BCUT2D eigenvalue weighted by molar-refractivity contribution is -0.126. The van der Waals surface area contributed by atoms with Crippen molar-refractivity contribution in [2.45, 2.75) is 31.7 Å². The average molecular weight is 368 g/mol. The zero-order chi connectivity index (χ0) is 16.8. The molecule has 140 valence electrons. The molecular weight excluding hydrogens is 338 g/mol. The van der Waals surface area contributed by atoms with Gasteiger partial charge in [0.1, 0.15) is 5.75 Å². The lowest BCUT2D eigenvalue weighted by Crippen LogP contribution is -2.42. The third kappa shape index (κ3) is 5.33. The molecule has 0 saturated carbocycles. The van der Waals surface area contributed by atoms with Crippen LogP contribution in [0.3, 0.4) is 0 Å². The molecule has 2 saturated heterocycles. The second-order valence-electron chi connectivity index (χ2n) is 6.80. The maximum Gasteiger partial charge on any atom is 0.223 e. The predicted octanol–water partition coefficient (Wildman–Crippen LogP) is 2.37. The van der Waals surface area contributed by atoms with Gasteiger partial charge < -0.3 is 15.4 Å². The van der Waals surface area contributed by atoms with E-state index in [9.17, 15) is 4.79 Å². The molecule has 0 aromatic heterocycles. The van der Waals surface area contributed by atoms with E-state index in [0.29, 0.717) is 6.54 Å². The molecule has 0 aliphatic carbocycles. The van der Waals surface area contributed by atoms with Gasteiger partial charge in [-0.3, -0.25) is 9.69 Å². The number of methoxy groups -OCH3 is 1. The number of amides is 1. The van der Waals surface area contributed by atoms with E-state index < -0.39 is 0 Å². The summed E-state index contributed by atoms with van der Waals surface area (Å²) in [5.41, 5.74) is 1.25. The highest BCUT2D eigenvalue weighted by Gasteiger charge is 2.26. The summed E-state index contributed by atoms with van der Waals surface area (Å²) in [5, 5.41) is 6.53. The second kappa shape index (κ2) is 10.00. The maximum atomic E-state index is 12.5. The number of carbonyl (C=O) groups is 1. The Morgan fingerprint density at radius 2 is 1.88 bits per heavy atom. The van der Waals surface area contributed by atoms with Crippen LogP contribution in [0.2, 0.25) is 0 Å². The van der Waals surface area contributed by atoms with E-state index in [-0.39, 0.29) is 30.3 Å². The first-order chi connectivity index (χ1) is 11.8. The Morgan fingerprint density at radius 3 is 2.48 bits per heavy atom. The highest BCUT2D eigenvalue weighted by atomic mass is 35.5. The highest BCUT2D eigenvalue weighted by Crippen LogP contribution is 2.26. The summed E-state index contributed by atoms with van der Waals surface area (Å²) in [5.74, 6) is 1.26. The standard InChI is InChI=1S/C19H29N3O2.ClH/c1-24-17-6-4-15(5-7-17)18(22-12-2-3-13-22)14-21-19(23)16-8-10-20-11-9-16;/h4-7,16,18,20H,2-3,8-14H2,1H3,(H,21,23);1H. The number of carbonyl (C=O) groups excluding carboxylic acids is 1. The Labute approximate surface area is 156 Å². The van der Waals surface area contributed by atoms with Crippen molar-refractivity contribution in [2.24, 2.45) is 5.92 Å². The fourth-order valence-electron chi connectivity index (χ4n) is 3.76. The van der Waals surface area contributed by atoms with Crippen molar-refractivity contribution in [2.75, 3.05) is 39.8 Å². The van der Waals surface area contributed by atoms with Gasteiger partial charge in [0, 0.05) is 12.5 Å². The van der Waals surface area contributed by atoms with Gasteiger partial charge in [-0.2, -0.15) is 0 Å². The van der Waals surface area contributed by atoms with Gasteiger partial charge in [-0.15, -0.1) is 12.4 Å². The van der Waals surface area contributed by atoms with Gasteiger partial charge in [0.05, 0.1) is 13.2 Å². The third-order valence-electron chi connectivity index (χ3n) is 5.26. The molecule has 2 heterocycles. The van der Waals surface area contributed by atoms with Crippen LogP contribution < -0.4 is 15.4 Å². The average Bonchev–Trinajstić information content (AvgIpc) is 3.17. The van der Waals surface area contributed by atoms with Crippen molar-refractivity contribution in [1.29, 1.82) is 0 Å². The minimum Gasteiger partial charge on any atom is -0.497 e. The Morgan fingerprint density at radius 1 is 1.24 bits per heavy atom. The molecular formula is C19H30ClN3O2. The van der Waals surface area contributed by atoms with Crippen molar-refractivity contribution < 1.29 is 9.53 Å². The van der Waals surface area contributed by atoms with Gasteiger partial charge in [-0.05, 0) is 69.6 Å². The summed E-state index contributed by atoms with van der Waals surface area (Å²) in [6.07, 6.45) is 4.38. The minimum atomic E-state index is 0. The summed E-state index contributed by atoms with van der Waals surface area (Å²) < 4.78 is 5.26. The molecule has 6 heteroatoms. The smallest absolute Gasteiger partial charge is 0.223 e. The molecule has 5 nitrogen and oxygen atoms in total. The Hall–Kier alpha value is -1.30. The van der Waals surface area contributed by atoms with Crippen molar-refractivity contribution in [3.63, 3.8) is 0 Å². The molecule has 1 aromatic carbocycles. The molecule has 2 N–H and O–H groups in total. The SMILES string of the molecule is COc1ccc(C(CNC(=O)C2CCNCC2)N2CCCC2)cc1.Cl. The van der Waals surface area contributed by atoms with E-state index in [1.807, 2.05) is 12.1 Å². The molecule has 0 bridgehead atoms. The topological polar surface area (TPSA) is 53.6 Å². The normalized spacial score (nSPS) is 19.9. The fourth-order valence-corrected chi connectivity index (χ4v) is 3.76. The number of rotatable bonds is 6. The molecule has 1 amide bonds. The highest BCUT2D eigenvalue weighted by molar-refractivity contribution is 5.85. The second-order valence-corrected chi connectivity index (χ2v) is 6.80. The van der Waals surface area contributed by atoms with E-state index in [2.05, 4.69) is 27.7 Å². The largest absolute Gasteiger partial charge is 0.497 e. The van der Waals surface area contributed by atoms with Gasteiger partial charge in [-0.25, -0.2) is 0 Å². The van der Waals surface area contributed by atoms with Crippen molar-refractivity contribution >= 4 is 18.3 Å². The van der Waals surface area contributed by atoms with E-state index >= 15 is 0 Å². The quantitative estimate of drug-likeness (QED) is 0.810. The van der Waals surface area contributed by atoms with Gasteiger partial charge in [0.2, 0.25) is 5.91 Å². The summed E-state index contributed by atoms with van der Waals surface area (Å²) >= 11 is 0. The first-order valence-corrected chi connectivity index (χ1v) is 9.14. The Bertz CT molecular complexity index is 526. The molecule has 3 rings (SSSR count). The number of benzene rings is 1. The molecule has 0 spiro atoms. The molecule has 1 unspecified atom stereocenters. The fraction of sp³-hybridized carbons (Fsp3) is 0.632. The van der Waals surface area contributed by atoms with Crippen LogP contribution in [0.15, 0.2) is 24.3 Å². The number of hydrogen-bond acceptors (Lipinski definition) is 4. The van der Waals surface area contributed by atoms with Crippen LogP contribution in [0.1, 0.15) is 37.3 Å². The lowest BCUT2D eigenvalue weighted by Gasteiger charge is -2.29. The first kappa shape index (κ1) is 20.0. The van der Waals surface area contributed by atoms with Gasteiger partial charge >= 0.3 is 0 Å². The third-order valence-corrected chi connectivity index (χ3v) is 5.26. The molecule has 2 aliphatic rings. The molecule has 0 radical (unpaired) electrons. The summed E-state index contributed by atoms with van der Waals surface area (Å²) in [4.78, 5) is 15.0. The summed E-state index contributed by atoms with van der Waals surface area (Å²) in [7, 11) is 1.69. The van der Waals surface area contributed by atoms with E-state index in [1.54, 1.807) is 7.11 Å². The number of likely N-dealkylation sites (tertiary alicyclic amines) is 1. The number of piperidine rings is 1. The van der Waals surface area contributed by atoms with Crippen LogP contribution >= 0.6 is 12.4 Å². The van der Waals surface area contributed by atoms with Crippen LogP contribution in [0.4, 0.5) is 0 Å². The zero-order valence-electron chi connectivity index (χ0n) is 15.0. The van der Waals surface area contributed by atoms with Gasteiger partial charge in [0.25, 0.3) is 0 Å². The number of nitrogens with one attached hydrogen (secondary N) is 2. The van der Waals surface area contributed by atoms with E-state index in [0.717, 1.165) is 44.8 Å². The van der Waals surface area contributed by atoms with Crippen LogP contribution in [-0.2, 0) is 4.79 Å². The van der Waals surface area contributed by atoms with Crippen molar-refractivity contribution in [3.8, 4) is 5.75 Å². The van der Waals surface area contributed by atoms with Gasteiger partial charge in [0.15, 0.2) is 0 Å². The van der Waals surface area contributed by atoms with Crippen LogP contribution in [0, 0.1) is 5.92 Å². The maximum absolute atomic E-state index is 12.5. The van der Waals surface area contributed by atoms with E-state index in [1.165, 1.54) is 18.4 Å². The predicted molar refractivity (Wildman–Crippen MR) is 102 cm³/mol. The number of nitrogens with zero attached hydrogens (tertiary/aromatic N) is 1. The number of halogens is 1. The minimum absolute atomic E-state index is 0. The van der Waals surface area contributed by atoms with Crippen LogP contribution in [-0.4, -0.2) is 50.6 Å². The van der Waals surface area contributed by atoms with E-state index in [4.69, 9.17) is 4.74 Å². The molecule has 2 aliphatic heterocycles. The molecule has 1 aromatic rings. The molecule has 1 atom stereocenters. The van der Waals surface area contributed by atoms with Crippen molar-refractivity contribution in [3.05, 3.63) is 29.8 Å². The van der Waals surface area contributed by atoms with Crippen LogP contribution in [0.5, 0.6) is 5.75 Å². The number of hydrogen-bond donors (Lipinski definition) is 2. The zero-order valence-corrected chi connectivity index (χ0v) is 15.8. The molecule has 25 heavy (non-hydrogen) atoms. The molecule has 2 fully saturated rings. The summed E-state index contributed by atoms with van der Waals surface area (Å²) in [6.45, 7) is 4.81. The first-order valence-electron chi connectivity index (χ1n) is 9.14. The van der Waals surface area contributed by atoms with Crippen molar-refractivity contribution in [1.82, 2.24) is 15.5 Å². The Kier molecular flexibility index (Phi) is 8.00. The van der Waals surface area contributed by atoms with Crippen LogP contribution in [0.25, 0.3) is 0 Å². The number of ether oxygens (including phenoxy) is 1. The summed E-state index contributed by atoms with van der Waals surface area (Å²) in [6, 6.07) is 8.51. The van der Waals surface area contributed by atoms with Gasteiger partial charge in [-0.1, -0.05) is 12.1 Å².